The van der Waals surface area contributed by atoms with Crippen LogP contribution in [0.4, 0.5) is 29.5 Å². The molecule has 0 radical (unpaired) electrons. The molecule has 0 N–H and O–H groups in total. The topological polar surface area (TPSA) is 83.4 Å². The fourth-order valence-corrected chi connectivity index (χ4v) is 18.2. The molecule has 4 aliphatic rings. The molecule has 4 atom stereocenters. The minimum atomic E-state index is -2.37. The van der Waals surface area contributed by atoms with Crippen molar-refractivity contribution in [2.45, 2.75) is 140 Å². The van der Waals surface area contributed by atoms with E-state index in [0.29, 0.717) is 75.9 Å². The van der Waals surface area contributed by atoms with Crippen LogP contribution in [0.1, 0.15) is 111 Å². The Bertz CT molecular complexity index is 3110. The molecule has 5 aromatic carbocycles. The molecular formula is C61H69F3N6O3Si. The Hall–Kier alpha value is -6.23. The van der Waals surface area contributed by atoms with E-state index in [2.05, 4.69) is 62.8 Å². The summed E-state index contributed by atoms with van der Waals surface area (Å²) >= 11 is 0. The summed E-state index contributed by atoms with van der Waals surface area (Å²) in [5.74, 6) is 2.81. The summed E-state index contributed by atoms with van der Waals surface area (Å²) in [6, 6.07) is 30.1. The van der Waals surface area contributed by atoms with Gasteiger partial charge in [0, 0.05) is 53.5 Å². The van der Waals surface area contributed by atoms with Crippen molar-refractivity contribution in [3.05, 3.63) is 125 Å². The molecule has 4 aliphatic heterocycles. The highest BCUT2D eigenvalue weighted by Gasteiger charge is 2.50. The molecule has 1 amide bonds. The quantitative estimate of drug-likeness (QED) is 0.0726. The molecule has 74 heavy (non-hydrogen) atoms. The Labute approximate surface area is 435 Å². The van der Waals surface area contributed by atoms with Gasteiger partial charge in [0.1, 0.15) is 43.6 Å². The van der Waals surface area contributed by atoms with Crippen LogP contribution in [0.15, 0.2) is 102 Å². The lowest BCUT2D eigenvalue weighted by Gasteiger charge is -2.42. The third-order valence-electron chi connectivity index (χ3n) is 16.3. The molecule has 10 rings (SSSR count). The Morgan fingerprint density at radius 3 is 2.11 bits per heavy atom. The van der Waals surface area contributed by atoms with Crippen molar-refractivity contribution < 1.29 is 27.4 Å². The number of piperazine rings is 1. The van der Waals surface area contributed by atoms with Crippen LogP contribution < -0.4 is 9.64 Å². The van der Waals surface area contributed by atoms with Crippen LogP contribution >= 0.6 is 0 Å². The van der Waals surface area contributed by atoms with Crippen molar-refractivity contribution in [1.82, 2.24) is 19.8 Å². The van der Waals surface area contributed by atoms with Gasteiger partial charge in [0.2, 0.25) is 0 Å². The monoisotopic (exact) mass is 1020 g/mol. The van der Waals surface area contributed by atoms with Crippen LogP contribution in [0.5, 0.6) is 6.01 Å². The number of aromatic nitrogens is 2. The molecule has 2 bridgehead atoms. The van der Waals surface area contributed by atoms with Crippen LogP contribution in [0.3, 0.4) is 0 Å². The minimum absolute atomic E-state index is 0.0115. The van der Waals surface area contributed by atoms with Gasteiger partial charge in [-0.25, -0.2) is 23.0 Å². The SMILES string of the molecule is CC(C)[Si](C#Cc1c(F)ccc2cc(N=C(c3ccccc3)c3ccccc3)cc(-c3ccc4c(N5CC6CCC(C5)N6C(=O)OC(C)(C)C)nc(OC[C@@]56CCCN5C[C@H](F)C6)nc4c3F)c12)(C(C)C)C(C)C. The fraction of sp³-hybridized carbons (Fsp3) is 0.443. The number of carbonyl (C=O) groups excluding carboxylic acids is 1. The number of halogens is 3. The van der Waals surface area contributed by atoms with E-state index in [1.807, 2.05) is 105 Å². The van der Waals surface area contributed by atoms with Crippen LogP contribution in [0.2, 0.25) is 16.6 Å². The van der Waals surface area contributed by atoms with Crippen molar-refractivity contribution in [2.75, 3.05) is 37.7 Å². The predicted octanol–water partition coefficient (Wildman–Crippen LogP) is 14.0. The van der Waals surface area contributed by atoms with Gasteiger partial charge in [0.25, 0.3) is 0 Å². The lowest BCUT2D eigenvalue weighted by atomic mass is 9.92. The summed E-state index contributed by atoms with van der Waals surface area (Å²) < 4.78 is 62.8. The van der Waals surface area contributed by atoms with Crippen LogP contribution in [-0.4, -0.2) is 102 Å². The van der Waals surface area contributed by atoms with Gasteiger partial charge >= 0.3 is 12.1 Å². The highest BCUT2D eigenvalue weighted by atomic mass is 28.3. The van der Waals surface area contributed by atoms with Gasteiger partial charge in [-0.15, -0.1) is 5.54 Å². The summed E-state index contributed by atoms with van der Waals surface area (Å²) in [6.07, 6.45) is 2.32. The Kier molecular flexibility index (Phi) is 13.9. The van der Waals surface area contributed by atoms with Gasteiger partial charge in [-0.3, -0.25) is 9.80 Å². The van der Waals surface area contributed by atoms with E-state index in [1.165, 1.54) is 6.07 Å². The molecule has 9 nitrogen and oxygen atoms in total. The van der Waals surface area contributed by atoms with Gasteiger partial charge in [0.05, 0.1) is 34.6 Å². The van der Waals surface area contributed by atoms with Gasteiger partial charge in [-0.05, 0) is 105 Å². The van der Waals surface area contributed by atoms with E-state index in [0.717, 1.165) is 49.1 Å². The minimum Gasteiger partial charge on any atom is -0.461 e. The standard InChI is InChI=1S/C61H69F3N6O3Si/c1-38(2)74(39(3)4,40(5)6)30-27-49-52(63)26-21-43-31-45(65-55(41-17-12-10-13-18-41)42-19-14-11-15-20-42)32-51(53(43)49)48-24-25-50-56(54(48)64)66-58(72-37-61-28-16-29-69(61)34-44(62)33-61)67-57(50)68-35-46-22-23-47(36-68)70(46)59(71)73-60(7,8)9/h10-15,17-21,24-26,31-32,38-40,44,46-47H,16,22-23,28-29,33-37H2,1-9H3/t44-,46?,47?,61+/m1/s1. The smallest absolute Gasteiger partial charge is 0.410 e. The molecule has 0 spiro atoms. The van der Waals surface area contributed by atoms with Crippen molar-refractivity contribution >= 4 is 53.1 Å². The number of rotatable bonds is 11. The normalized spacial score (nSPS) is 20.9. The molecule has 0 aliphatic carbocycles. The highest BCUT2D eigenvalue weighted by Crippen LogP contribution is 2.45. The summed E-state index contributed by atoms with van der Waals surface area (Å²) in [5.41, 5.74) is 7.42. The van der Waals surface area contributed by atoms with E-state index in [9.17, 15) is 4.79 Å². The number of alkyl halides is 1. The molecule has 0 saturated carbocycles. The van der Waals surface area contributed by atoms with Crippen molar-refractivity contribution in [3.8, 4) is 28.6 Å². The number of fused-ring (bicyclic) bond motifs is 5. The van der Waals surface area contributed by atoms with Gasteiger partial charge in [-0.1, -0.05) is 120 Å². The van der Waals surface area contributed by atoms with E-state index < -0.39 is 37.0 Å². The maximum atomic E-state index is 18.5. The Morgan fingerprint density at radius 2 is 1.49 bits per heavy atom. The first-order valence-corrected chi connectivity index (χ1v) is 28.9. The maximum absolute atomic E-state index is 18.5. The van der Waals surface area contributed by atoms with Gasteiger partial charge in [-0.2, -0.15) is 9.97 Å². The molecule has 1 aromatic heterocycles. The van der Waals surface area contributed by atoms with E-state index in [4.69, 9.17) is 24.4 Å². The summed E-state index contributed by atoms with van der Waals surface area (Å²) in [6.45, 7) is 21.2. The zero-order chi connectivity index (χ0) is 52.3. The lowest BCUT2D eigenvalue weighted by molar-refractivity contribution is 0.0122. The number of carbonyl (C=O) groups is 1. The number of ether oxygens (including phenoxy) is 2. The van der Waals surface area contributed by atoms with E-state index in [1.54, 1.807) is 12.1 Å². The first-order valence-electron chi connectivity index (χ1n) is 26.6. The van der Waals surface area contributed by atoms with Gasteiger partial charge in [0.15, 0.2) is 5.82 Å². The first-order chi connectivity index (χ1) is 35.4. The maximum Gasteiger partial charge on any atom is 0.410 e. The number of aliphatic imine (C=N–C) groups is 1. The molecular weight excluding hydrogens is 950 g/mol. The summed E-state index contributed by atoms with van der Waals surface area (Å²) in [5, 5.41) is 1.61. The number of benzene rings is 5. The van der Waals surface area contributed by atoms with E-state index >= 15 is 13.2 Å². The molecule has 5 heterocycles. The zero-order valence-electron chi connectivity index (χ0n) is 44.3. The number of anilines is 1. The fourth-order valence-electron chi connectivity index (χ4n) is 13.0. The molecule has 6 aromatic rings. The summed E-state index contributed by atoms with van der Waals surface area (Å²) in [7, 11) is -2.37. The van der Waals surface area contributed by atoms with Crippen molar-refractivity contribution in [1.29, 1.82) is 0 Å². The van der Waals surface area contributed by atoms with Crippen molar-refractivity contribution in [2.24, 2.45) is 4.99 Å². The van der Waals surface area contributed by atoms with Gasteiger partial charge < -0.3 is 14.4 Å². The molecule has 386 valence electrons. The molecule has 4 fully saturated rings. The Balaban J connectivity index is 1.18. The lowest BCUT2D eigenvalue weighted by Crippen LogP contribution is -2.57. The van der Waals surface area contributed by atoms with Crippen LogP contribution in [0.25, 0.3) is 32.8 Å². The average molecular weight is 1020 g/mol. The highest BCUT2D eigenvalue weighted by molar-refractivity contribution is 6.90. The third-order valence-corrected chi connectivity index (χ3v) is 22.6. The second-order valence-corrected chi connectivity index (χ2v) is 28.6. The number of hydrogen-bond acceptors (Lipinski definition) is 8. The number of hydrogen-bond donors (Lipinski definition) is 0. The molecule has 2 unspecified atom stereocenters. The number of nitrogens with zero attached hydrogens (tertiary/aromatic N) is 6. The first kappa shape index (κ1) is 51.3. The van der Waals surface area contributed by atoms with Crippen LogP contribution in [0, 0.1) is 23.1 Å². The predicted molar refractivity (Wildman–Crippen MR) is 294 cm³/mol. The third kappa shape index (κ3) is 9.57. The zero-order valence-corrected chi connectivity index (χ0v) is 45.3. The second-order valence-electron chi connectivity index (χ2n) is 23.0. The van der Waals surface area contributed by atoms with Crippen molar-refractivity contribution in [3.63, 3.8) is 0 Å². The molecule has 4 saturated heterocycles. The van der Waals surface area contributed by atoms with Crippen LogP contribution in [-0.2, 0) is 4.74 Å². The average Bonchev–Trinajstić information content (AvgIpc) is 3.99. The summed E-state index contributed by atoms with van der Waals surface area (Å²) in [4.78, 5) is 35.0. The van der Waals surface area contributed by atoms with E-state index in [-0.39, 0.29) is 47.4 Å². The number of amides is 1. The second kappa shape index (κ2) is 20.1. The Morgan fingerprint density at radius 1 is 0.838 bits per heavy atom. The molecule has 13 heteroatoms. The largest absolute Gasteiger partial charge is 0.461 e.